The lowest BCUT2D eigenvalue weighted by Crippen LogP contribution is -2.43. The Morgan fingerprint density at radius 3 is 2.70 bits per heavy atom. The Balaban J connectivity index is 1.62. The van der Waals surface area contributed by atoms with Crippen molar-refractivity contribution >= 4 is 5.91 Å². The van der Waals surface area contributed by atoms with Gasteiger partial charge in [-0.3, -0.25) is 4.79 Å². The van der Waals surface area contributed by atoms with Crippen molar-refractivity contribution in [3.05, 3.63) is 47.0 Å². The number of rotatable bonds is 3. The van der Waals surface area contributed by atoms with E-state index < -0.39 is 5.41 Å². The van der Waals surface area contributed by atoms with Crippen LogP contribution in [-0.2, 0) is 23.2 Å². The number of hydrogen-bond donors (Lipinski definition) is 1. The van der Waals surface area contributed by atoms with Gasteiger partial charge in [0.1, 0.15) is 5.82 Å². The summed E-state index contributed by atoms with van der Waals surface area (Å²) < 4.78 is 2.23. The zero-order valence-corrected chi connectivity index (χ0v) is 16.5. The minimum absolute atomic E-state index is 0.0292. The van der Waals surface area contributed by atoms with Crippen molar-refractivity contribution < 1.29 is 4.79 Å². The summed E-state index contributed by atoms with van der Waals surface area (Å²) in [6.45, 7) is 9.66. The monoisotopic (exact) mass is 367 g/mol. The molecule has 27 heavy (non-hydrogen) atoms. The molecule has 2 aliphatic heterocycles. The molecule has 0 bridgehead atoms. The molecule has 144 valence electrons. The molecule has 0 spiro atoms. The van der Waals surface area contributed by atoms with Gasteiger partial charge in [-0.25, -0.2) is 0 Å². The average Bonchev–Trinajstić information content (AvgIpc) is 3.22. The van der Waals surface area contributed by atoms with Gasteiger partial charge in [0.25, 0.3) is 0 Å². The molecule has 6 heteroatoms. The summed E-state index contributed by atoms with van der Waals surface area (Å²) in [6, 6.07) is 8.34. The molecule has 4 rings (SSSR count). The SMILES string of the molecule is Cc1ccc(C(C)(C)C(=O)N2CCC[C@H]2c2nnc3n2CCNCC3)cc1. The number of aromatic nitrogens is 3. The maximum Gasteiger partial charge on any atom is 0.233 e. The lowest BCUT2D eigenvalue weighted by molar-refractivity contribution is -0.137. The van der Waals surface area contributed by atoms with Crippen molar-refractivity contribution in [2.24, 2.45) is 0 Å². The summed E-state index contributed by atoms with van der Waals surface area (Å²) in [5.74, 6) is 2.17. The molecule has 0 unspecified atom stereocenters. The van der Waals surface area contributed by atoms with E-state index >= 15 is 0 Å². The lowest BCUT2D eigenvalue weighted by Gasteiger charge is -2.33. The van der Waals surface area contributed by atoms with E-state index in [1.165, 1.54) is 5.56 Å². The normalized spacial score (nSPS) is 20.4. The van der Waals surface area contributed by atoms with Crippen molar-refractivity contribution in [3.63, 3.8) is 0 Å². The first-order valence-corrected chi connectivity index (χ1v) is 9.99. The van der Waals surface area contributed by atoms with Crippen LogP contribution in [0.15, 0.2) is 24.3 Å². The van der Waals surface area contributed by atoms with E-state index in [2.05, 4.69) is 51.3 Å². The number of carbonyl (C=O) groups is 1. The molecular weight excluding hydrogens is 338 g/mol. The predicted molar refractivity (Wildman–Crippen MR) is 104 cm³/mol. The Kier molecular flexibility index (Phi) is 4.76. The maximum atomic E-state index is 13.6. The van der Waals surface area contributed by atoms with Gasteiger partial charge in [-0.1, -0.05) is 29.8 Å². The Labute approximate surface area is 161 Å². The van der Waals surface area contributed by atoms with Crippen LogP contribution < -0.4 is 5.32 Å². The molecular formula is C21H29N5O. The number of likely N-dealkylation sites (tertiary alicyclic amines) is 1. The molecule has 0 aliphatic carbocycles. The number of fused-ring (bicyclic) bond motifs is 1. The molecule has 1 fully saturated rings. The van der Waals surface area contributed by atoms with Gasteiger partial charge in [-0.15, -0.1) is 10.2 Å². The van der Waals surface area contributed by atoms with Crippen LogP contribution >= 0.6 is 0 Å². The van der Waals surface area contributed by atoms with Crippen LogP contribution in [0, 0.1) is 6.92 Å². The van der Waals surface area contributed by atoms with Crippen LogP contribution in [0.5, 0.6) is 0 Å². The topological polar surface area (TPSA) is 63.1 Å². The first-order chi connectivity index (χ1) is 13.0. The largest absolute Gasteiger partial charge is 0.332 e. The summed E-state index contributed by atoms with van der Waals surface area (Å²) in [7, 11) is 0. The summed E-state index contributed by atoms with van der Waals surface area (Å²) in [4.78, 5) is 15.6. The molecule has 1 N–H and O–H groups in total. The molecule has 0 saturated carbocycles. The number of hydrogen-bond acceptors (Lipinski definition) is 4. The van der Waals surface area contributed by atoms with Gasteiger partial charge in [0.2, 0.25) is 5.91 Å². The lowest BCUT2D eigenvalue weighted by atomic mass is 9.82. The molecule has 1 saturated heterocycles. The van der Waals surface area contributed by atoms with Crippen LogP contribution in [0.4, 0.5) is 0 Å². The van der Waals surface area contributed by atoms with Crippen molar-refractivity contribution in [2.45, 2.75) is 58.0 Å². The quantitative estimate of drug-likeness (QED) is 0.905. The van der Waals surface area contributed by atoms with Crippen LogP contribution in [0.1, 0.15) is 55.5 Å². The van der Waals surface area contributed by atoms with Gasteiger partial charge in [-0.2, -0.15) is 0 Å². The molecule has 1 amide bonds. The molecule has 3 heterocycles. The van der Waals surface area contributed by atoms with Crippen LogP contribution in [0.3, 0.4) is 0 Å². The number of benzene rings is 1. The first kappa shape index (κ1) is 18.2. The van der Waals surface area contributed by atoms with Gasteiger partial charge in [0.05, 0.1) is 11.5 Å². The van der Waals surface area contributed by atoms with Crippen LogP contribution in [-0.4, -0.2) is 45.2 Å². The summed E-state index contributed by atoms with van der Waals surface area (Å²) in [6.07, 6.45) is 2.87. The van der Waals surface area contributed by atoms with Crippen LogP contribution in [0.2, 0.25) is 0 Å². The summed E-state index contributed by atoms with van der Waals surface area (Å²) in [5, 5.41) is 12.3. The van der Waals surface area contributed by atoms with Crippen molar-refractivity contribution in [1.82, 2.24) is 25.0 Å². The van der Waals surface area contributed by atoms with E-state index in [1.807, 2.05) is 18.7 Å². The highest BCUT2D eigenvalue weighted by atomic mass is 16.2. The predicted octanol–water partition coefficient (Wildman–Crippen LogP) is 2.37. The zero-order chi connectivity index (χ0) is 19.0. The van der Waals surface area contributed by atoms with Crippen molar-refractivity contribution in [2.75, 3.05) is 19.6 Å². The highest BCUT2D eigenvalue weighted by molar-refractivity contribution is 5.88. The molecule has 6 nitrogen and oxygen atoms in total. The fourth-order valence-electron chi connectivity index (χ4n) is 4.27. The van der Waals surface area contributed by atoms with E-state index in [0.717, 1.165) is 62.7 Å². The average molecular weight is 367 g/mol. The van der Waals surface area contributed by atoms with Crippen LogP contribution in [0.25, 0.3) is 0 Å². The van der Waals surface area contributed by atoms with Gasteiger partial charge in [-0.05, 0) is 39.2 Å². The zero-order valence-electron chi connectivity index (χ0n) is 16.5. The minimum atomic E-state index is -0.556. The number of nitrogens with one attached hydrogen (secondary N) is 1. The Morgan fingerprint density at radius 1 is 1.15 bits per heavy atom. The third kappa shape index (κ3) is 3.27. The number of amides is 1. The third-order valence-electron chi connectivity index (χ3n) is 6.01. The number of aryl methyl sites for hydroxylation is 1. The molecule has 1 atom stereocenters. The fraction of sp³-hybridized carbons (Fsp3) is 0.571. The van der Waals surface area contributed by atoms with E-state index in [0.29, 0.717) is 0 Å². The third-order valence-corrected chi connectivity index (χ3v) is 6.01. The summed E-state index contributed by atoms with van der Waals surface area (Å²) in [5.41, 5.74) is 1.72. The fourth-order valence-corrected chi connectivity index (χ4v) is 4.27. The van der Waals surface area contributed by atoms with Gasteiger partial charge < -0.3 is 14.8 Å². The maximum absolute atomic E-state index is 13.6. The standard InChI is InChI=1S/C21H29N5O/c1-15-6-8-16(9-7-15)21(2,3)20(27)25-13-4-5-17(25)19-24-23-18-10-11-22-12-14-26(18)19/h6-9,17,22H,4-5,10-14H2,1-3H3/t17-/m0/s1. The minimum Gasteiger partial charge on any atom is -0.332 e. The number of carbonyl (C=O) groups excluding carboxylic acids is 1. The molecule has 2 aliphatic rings. The smallest absolute Gasteiger partial charge is 0.233 e. The van der Waals surface area contributed by atoms with E-state index in [-0.39, 0.29) is 11.9 Å². The van der Waals surface area contributed by atoms with Gasteiger partial charge in [0.15, 0.2) is 5.82 Å². The molecule has 1 aromatic carbocycles. The second-order valence-corrected chi connectivity index (χ2v) is 8.27. The first-order valence-electron chi connectivity index (χ1n) is 9.99. The molecule has 2 aromatic rings. The Bertz CT molecular complexity index is 824. The molecule has 0 radical (unpaired) electrons. The highest BCUT2D eigenvalue weighted by Gasteiger charge is 2.41. The number of nitrogens with zero attached hydrogens (tertiary/aromatic N) is 4. The van der Waals surface area contributed by atoms with Crippen molar-refractivity contribution in [1.29, 1.82) is 0 Å². The highest BCUT2D eigenvalue weighted by Crippen LogP contribution is 2.36. The van der Waals surface area contributed by atoms with E-state index in [1.54, 1.807) is 0 Å². The Hall–Kier alpha value is -2.21. The second-order valence-electron chi connectivity index (χ2n) is 8.27. The molecule has 1 aromatic heterocycles. The van der Waals surface area contributed by atoms with Crippen molar-refractivity contribution in [3.8, 4) is 0 Å². The van der Waals surface area contributed by atoms with Gasteiger partial charge >= 0.3 is 0 Å². The Morgan fingerprint density at radius 2 is 1.93 bits per heavy atom. The summed E-state index contributed by atoms with van der Waals surface area (Å²) >= 11 is 0. The van der Waals surface area contributed by atoms with Gasteiger partial charge in [0, 0.05) is 32.6 Å². The van der Waals surface area contributed by atoms with E-state index in [9.17, 15) is 4.79 Å². The second kappa shape index (κ2) is 7.08. The van der Waals surface area contributed by atoms with E-state index in [4.69, 9.17) is 0 Å².